The van der Waals surface area contributed by atoms with Gasteiger partial charge < -0.3 is 15.7 Å². The van der Waals surface area contributed by atoms with Gasteiger partial charge in [0.2, 0.25) is 0 Å². The van der Waals surface area contributed by atoms with Gasteiger partial charge in [0.25, 0.3) is 0 Å². The molecule has 1 atom stereocenters. The standard InChI is InChI=1S/C17H29N3O2S/c1-12(14-20-13(10-23-14)16(2,3)4)19-15(21)18-11-17(22)8-6-5-7-9-17/h10,12,22H,5-9,11H2,1-4H3,(H2,18,19,21). The number of hydrogen-bond acceptors (Lipinski definition) is 4. The molecule has 1 aromatic rings. The number of carbonyl (C=O) groups excluding carboxylic acids is 1. The Morgan fingerprint density at radius 2 is 2.04 bits per heavy atom. The third-order valence-corrected chi connectivity index (χ3v) is 5.40. The van der Waals surface area contributed by atoms with Crippen molar-refractivity contribution in [2.45, 2.75) is 76.9 Å². The molecule has 23 heavy (non-hydrogen) atoms. The maximum absolute atomic E-state index is 12.1. The van der Waals surface area contributed by atoms with Crippen molar-refractivity contribution in [3.63, 3.8) is 0 Å². The van der Waals surface area contributed by atoms with E-state index in [1.54, 1.807) is 11.3 Å². The van der Waals surface area contributed by atoms with Crippen LogP contribution >= 0.6 is 11.3 Å². The molecule has 1 heterocycles. The molecule has 1 aromatic heterocycles. The van der Waals surface area contributed by atoms with Crippen LogP contribution in [0.4, 0.5) is 4.79 Å². The third-order valence-electron chi connectivity index (χ3n) is 4.37. The minimum absolute atomic E-state index is 0.0149. The number of rotatable bonds is 4. The Bertz CT molecular complexity index is 530. The van der Waals surface area contributed by atoms with E-state index < -0.39 is 5.60 Å². The molecular formula is C17H29N3O2S. The third kappa shape index (κ3) is 5.18. The summed E-state index contributed by atoms with van der Waals surface area (Å²) in [5, 5.41) is 19.1. The fourth-order valence-corrected chi connectivity index (χ4v) is 3.82. The number of thiazole rings is 1. The Morgan fingerprint density at radius 1 is 1.39 bits per heavy atom. The minimum atomic E-state index is -0.737. The van der Waals surface area contributed by atoms with Crippen LogP contribution in [-0.2, 0) is 5.41 Å². The highest BCUT2D eigenvalue weighted by atomic mass is 32.1. The van der Waals surface area contributed by atoms with E-state index in [0.717, 1.165) is 36.4 Å². The van der Waals surface area contributed by atoms with Gasteiger partial charge in [0.05, 0.1) is 17.3 Å². The summed E-state index contributed by atoms with van der Waals surface area (Å²) < 4.78 is 0. The highest BCUT2D eigenvalue weighted by molar-refractivity contribution is 7.09. The Hall–Kier alpha value is -1.14. The first-order chi connectivity index (χ1) is 10.7. The molecule has 0 bridgehead atoms. The molecule has 0 spiro atoms. The van der Waals surface area contributed by atoms with E-state index in [0.29, 0.717) is 6.54 Å². The summed E-state index contributed by atoms with van der Waals surface area (Å²) in [6.07, 6.45) is 4.77. The van der Waals surface area contributed by atoms with Crippen LogP contribution in [0.2, 0.25) is 0 Å². The second-order valence-corrected chi connectivity index (χ2v) is 8.54. The summed E-state index contributed by atoms with van der Waals surface area (Å²) in [6, 6.07) is -0.388. The average Bonchev–Trinajstić information content (AvgIpc) is 2.96. The predicted octanol–water partition coefficient (Wildman–Crippen LogP) is 3.50. The molecule has 0 aliphatic heterocycles. The van der Waals surface area contributed by atoms with Crippen LogP contribution < -0.4 is 10.6 Å². The van der Waals surface area contributed by atoms with Gasteiger partial charge in [-0.1, -0.05) is 40.0 Å². The van der Waals surface area contributed by atoms with Crippen molar-refractivity contribution in [3.8, 4) is 0 Å². The SMILES string of the molecule is CC(NC(=O)NCC1(O)CCCCC1)c1nc(C(C)(C)C)cs1. The predicted molar refractivity (Wildman–Crippen MR) is 93.8 cm³/mol. The minimum Gasteiger partial charge on any atom is -0.388 e. The maximum Gasteiger partial charge on any atom is 0.315 e. The number of amides is 2. The van der Waals surface area contributed by atoms with Crippen LogP contribution in [0.25, 0.3) is 0 Å². The van der Waals surface area contributed by atoms with E-state index in [1.165, 1.54) is 6.42 Å². The van der Waals surface area contributed by atoms with E-state index in [9.17, 15) is 9.90 Å². The van der Waals surface area contributed by atoms with Crippen molar-refractivity contribution in [3.05, 3.63) is 16.1 Å². The number of aromatic nitrogens is 1. The van der Waals surface area contributed by atoms with Gasteiger partial charge in [-0.25, -0.2) is 9.78 Å². The van der Waals surface area contributed by atoms with E-state index in [1.807, 2.05) is 6.92 Å². The lowest BCUT2D eigenvalue weighted by molar-refractivity contribution is 0.00713. The van der Waals surface area contributed by atoms with Crippen LogP contribution in [-0.4, -0.2) is 28.3 Å². The van der Waals surface area contributed by atoms with Crippen molar-refractivity contribution in [1.82, 2.24) is 15.6 Å². The molecule has 1 unspecified atom stereocenters. The molecule has 0 radical (unpaired) electrons. The summed E-state index contributed by atoms with van der Waals surface area (Å²) in [7, 11) is 0. The van der Waals surface area contributed by atoms with Crippen LogP contribution in [0.1, 0.15) is 76.5 Å². The highest BCUT2D eigenvalue weighted by Crippen LogP contribution is 2.28. The number of aliphatic hydroxyl groups is 1. The smallest absolute Gasteiger partial charge is 0.315 e. The Balaban J connectivity index is 1.83. The summed E-state index contributed by atoms with van der Waals surface area (Å²) >= 11 is 1.57. The number of urea groups is 1. The number of nitrogens with one attached hydrogen (secondary N) is 2. The van der Waals surface area contributed by atoms with Gasteiger partial charge in [-0.05, 0) is 19.8 Å². The lowest BCUT2D eigenvalue weighted by Crippen LogP contribution is -2.47. The van der Waals surface area contributed by atoms with Crippen molar-refractivity contribution in [2.75, 3.05) is 6.54 Å². The first-order valence-electron chi connectivity index (χ1n) is 8.42. The molecule has 1 aliphatic rings. The fourth-order valence-electron chi connectivity index (χ4n) is 2.77. The van der Waals surface area contributed by atoms with E-state index in [4.69, 9.17) is 0 Å². The fraction of sp³-hybridized carbons (Fsp3) is 0.765. The second kappa shape index (κ2) is 7.18. The van der Waals surface area contributed by atoms with Gasteiger partial charge in [0.1, 0.15) is 5.01 Å². The van der Waals surface area contributed by atoms with E-state index >= 15 is 0 Å². The van der Waals surface area contributed by atoms with Crippen molar-refractivity contribution in [1.29, 1.82) is 0 Å². The zero-order valence-electron chi connectivity index (χ0n) is 14.6. The molecule has 1 fully saturated rings. The Labute approximate surface area is 142 Å². The molecule has 2 rings (SSSR count). The van der Waals surface area contributed by atoms with Gasteiger partial charge in [-0.15, -0.1) is 11.3 Å². The molecular weight excluding hydrogens is 310 g/mol. The van der Waals surface area contributed by atoms with Crippen LogP contribution in [0.15, 0.2) is 5.38 Å². The van der Waals surface area contributed by atoms with Crippen LogP contribution in [0, 0.1) is 0 Å². The Morgan fingerprint density at radius 3 is 2.61 bits per heavy atom. The second-order valence-electron chi connectivity index (χ2n) is 7.65. The zero-order chi connectivity index (χ0) is 17.1. The van der Waals surface area contributed by atoms with Crippen molar-refractivity contribution in [2.24, 2.45) is 0 Å². The first kappa shape index (κ1) is 18.2. The topological polar surface area (TPSA) is 74.2 Å². The largest absolute Gasteiger partial charge is 0.388 e. The average molecular weight is 340 g/mol. The van der Waals surface area contributed by atoms with Gasteiger partial charge in [-0.3, -0.25) is 0 Å². The molecule has 130 valence electrons. The quantitative estimate of drug-likeness (QED) is 0.786. The van der Waals surface area contributed by atoms with Gasteiger partial charge in [-0.2, -0.15) is 0 Å². The zero-order valence-corrected chi connectivity index (χ0v) is 15.4. The summed E-state index contributed by atoms with van der Waals surface area (Å²) in [6.45, 7) is 8.63. The van der Waals surface area contributed by atoms with Gasteiger partial charge >= 0.3 is 6.03 Å². The summed E-state index contributed by atoms with van der Waals surface area (Å²) in [4.78, 5) is 16.7. The molecule has 3 N–H and O–H groups in total. The van der Waals surface area contributed by atoms with Crippen LogP contribution in [0.3, 0.4) is 0 Å². The Kier molecular flexibility index (Phi) is 5.68. The molecule has 6 heteroatoms. The first-order valence-corrected chi connectivity index (χ1v) is 9.30. The van der Waals surface area contributed by atoms with Crippen LogP contribution in [0.5, 0.6) is 0 Å². The molecule has 2 amide bonds. The molecule has 5 nitrogen and oxygen atoms in total. The molecule has 1 aliphatic carbocycles. The highest BCUT2D eigenvalue weighted by Gasteiger charge is 2.29. The summed E-state index contributed by atoms with van der Waals surface area (Å²) in [5.74, 6) is 0. The van der Waals surface area contributed by atoms with E-state index in [2.05, 4.69) is 41.8 Å². The number of nitrogens with zero attached hydrogens (tertiary/aromatic N) is 1. The van der Waals surface area contributed by atoms with Crippen molar-refractivity contribution < 1.29 is 9.90 Å². The van der Waals surface area contributed by atoms with E-state index in [-0.39, 0.29) is 17.5 Å². The molecule has 0 saturated heterocycles. The van der Waals surface area contributed by atoms with Crippen molar-refractivity contribution >= 4 is 17.4 Å². The maximum atomic E-state index is 12.1. The normalized spacial score (nSPS) is 19.2. The molecule has 0 aromatic carbocycles. The monoisotopic (exact) mass is 339 g/mol. The lowest BCUT2D eigenvalue weighted by Gasteiger charge is -2.32. The number of hydrogen-bond donors (Lipinski definition) is 3. The summed E-state index contributed by atoms with van der Waals surface area (Å²) in [5.41, 5.74) is 0.323. The van der Waals surface area contributed by atoms with Gasteiger partial charge in [0.15, 0.2) is 0 Å². The number of carbonyl (C=O) groups is 1. The lowest BCUT2D eigenvalue weighted by atomic mass is 9.85. The van der Waals surface area contributed by atoms with Gasteiger partial charge in [0, 0.05) is 17.3 Å². The molecule has 1 saturated carbocycles.